The van der Waals surface area contributed by atoms with E-state index in [1.807, 2.05) is 0 Å². The number of hydrogen-bond donors (Lipinski definition) is 1. The fourth-order valence-electron chi connectivity index (χ4n) is 2.44. The third-order valence-electron chi connectivity index (χ3n) is 3.81. The zero-order valence-corrected chi connectivity index (χ0v) is 18.2. The fourth-order valence-corrected chi connectivity index (χ4v) is 3.61. The molecule has 0 aliphatic carbocycles. The number of amides is 1. The van der Waals surface area contributed by atoms with Gasteiger partial charge in [0.25, 0.3) is 5.56 Å². The maximum atomic E-state index is 12.6. The lowest BCUT2D eigenvalue weighted by molar-refractivity contribution is 0.168. The van der Waals surface area contributed by atoms with Crippen LogP contribution in [-0.4, -0.2) is 30.9 Å². The van der Waals surface area contributed by atoms with Gasteiger partial charge in [-0.1, -0.05) is 29.3 Å². The lowest BCUT2D eigenvalue weighted by atomic mass is 10.3. The standard InChI is InChI=1S/C19H15Cl2N3O6S/c1-2-29-19(26)23-12-4-3-5-14(10-12)30-31(27,28)15-8-6-13(7-9-15)24-18(25)17(21)16(20)11-22-24/h3-11H,2H2,1H3,(H,23,26). The largest absolute Gasteiger partial charge is 0.450 e. The Morgan fingerprint density at radius 3 is 2.55 bits per heavy atom. The highest BCUT2D eigenvalue weighted by molar-refractivity contribution is 7.87. The van der Waals surface area contributed by atoms with Crippen LogP contribution >= 0.6 is 23.2 Å². The van der Waals surface area contributed by atoms with Crippen LogP contribution in [0.5, 0.6) is 5.75 Å². The Bertz CT molecular complexity index is 1280. The van der Waals surface area contributed by atoms with Gasteiger partial charge in [0.05, 0.1) is 23.5 Å². The lowest BCUT2D eigenvalue weighted by Crippen LogP contribution is -2.21. The number of hydrogen-bond acceptors (Lipinski definition) is 7. The first-order valence-electron chi connectivity index (χ1n) is 8.73. The summed E-state index contributed by atoms with van der Waals surface area (Å²) in [6, 6.07) is 11.1. The number of benzene rings is 2. The Kier molecular flexibility index (Phi) is 6.84. The van der Waals surface area contributed by atoms with Crippen molar-refractivity contribution >= 4 is 45.1 Å². The van der Waals surface area contributed by atoms with Gasteiger partial charge < -0.3 is 8.92 Å². The minimum atomic E-state index is -4.19. The van der Waals surface area contributed by atoms with Gasteiger partial charge in [-0.2, -0.15) is 18.2 Å². The van der Waals surface area contributed by atoms with E-state index >= 15 is 0 Å². The van der Waals surface area contributed by atoms with E-state index in [0.717, 1.165) is 4.68 Å². The van der Waals surface area contributed by atoms with E-state index in [9.17, 15) is 18.0 Å². The summed E-state index contributed by atoms with van der Waals surface area (Å²) in [7, 11) is -4.19. The molecule has 0 saturated carbocycles. The van der Waals surface area contributed by atoms with Gasteiger partial charge in [0.15, 0.2) is 0 Å². The molecule has 0 fully saturated rings. The van der Waals surface area contributed by atoms with E-state index in [4.69, 9.17) is 32.1 Å². The second-order valence-corrected chi connectivity index (χ2v) is 8.26. The molecule has 0 atom stereocenters. The minimum absolute atomic E-state index is 0.00944. The molecule has 3 rings (SSSR count). The number of aromatic nitrogens is 2. The number of carbonyl (C=O) groups is 1. The molecule has 1 heterocycles. The first kappa shape index (κ1) is 22.6. The van der Waals surface area contributed by atoms with E-state index in [0.29, 0.717) is 5.69 Å². The Hall–Kier alpha value is -3.08. The first-order valence-corrected chi connectivity index (χ1v) is 10.9. The molecular formula is C19H15Cl2N3O6S. The van der Waals surface area contributed by atoms with Crippen LogP contribution in [0.2, 0.25) is 10.0 Å². The normalized spacial score (nSPS) is 11.1. The van der Waals surface area contributed by atoms with Gasteiger partial charge >= 0.3 is 16.2 Å². The van der Waals surface area contributed by atoms with Crippen molar-refractivity contribution in [3.63, 3.8) is 0 Å². The molecule has 162 valence electrons. The van der Waals surface area contributed by atoms with Gasteiger partial charge in [0, 0.05) is 11.8 Å². The van der Waals surface area contributed by atoms with Gasteiger partial charge in [0.1, 0.15) is 15.7 Å². The number of nitrogens with zero attached hydrogens (tertiary/aromatic N) is 2. The zero-order valence-electron chi connectivity index (χ0n) is 15.9. The third kappa shape index (κ3) is 5.35. The van der Waals surface area contributed by atoms with Crippen LogP contribution in [0.15, 0.2) is 64.4 Å². The average molecular weight is 484 g/mol. The Labute approximate surface area is 187 Å². The molecule has 0 aliphatic rings. The van der Waals surface area contributed by atoms with Crippen LogP contribution in [0.4, 0.5) is 10.5 Å². The number of halogens is 2. The summed E-state index contributed by atoms with van der Waals surface area (Å²) in [4.78, 5) is 23.5. The highest BCUT2D eigenvalue weighted by Crippen LogP contribution is 2.23. The predicted octanol–water partition coefficient (Wildman–Crippen LogP) is 3.88. The lowest BCUT2D eigenvalue weighted by Gasteiger charge is -2.10. The predicted molar refractivity (Wildman–Crippen MR) is 115 cm³/mol. The minimum Gasteiger partial charge on any atom is -0.450 e. The summed E-state index contributed by atoms with van der Waals surface area (Å²) >= 11 is 11.6. The molecule has 1 N–H and O–H groups in total. The van der Waals surface area contributed by atoms with E-state index in [1.54, 1.807) is 13.0 Å². The molecule has 0 unspecified atom stereocenters. The molecule has 9 nitrogen and oxygen atoms in total. The van der Waals surface area contributed by atoms with E-state index < -0.39 is 21.8 Å². The molecule has 3 aromatic rings. The second kappa shape index (κ2) is 9.38. The summed E-state index contributed by atoms with van der Waals surface area (Å²) in [6.07, 6.45) is 0.528. The first-order chi connectivity index (χ1) is 14.7. The summed E-state index contributed by atoms with van der Waals surface area (Å²) in [5.41, 5.74) is -0.0679. The van der Waals surface area contributed by atoms with Crippen LogP contribution in [0.25, 0.3) is 5.69 Å². The Morgan fingerprint density at radius 2 is 1.87 bits per heavy atom. The van der Waals surface area contributed by atoms with Crippen molar-refractivity contribution in [3.05, 3.63) is 75.1 Å². The van der Waals surface area contributed by atoms with Crippen molar-refractivity contribution in [1.82, 2.24) is 9.78 Å². The van der Waals surface area contributed by atoms with Gasteiger partial charge in [-0.3, -0.25) is 10.1 Å². The molecular weight excluding hydrogens is 469 g/mol. The molecule has 1 aromatic heterocycles. The topological polar surface area (TPSA) is 117 Å². The Balaban J connectivity index is 1.81. The number of anilines is 1. The van der Waals surface area contributed by atoms with Crippen molar-refractivity contribution in [2.45, 2.75) is 11.8 Å². The highest BCUT2D eigenvalue weighted by Gasteiger charge is 2.18. The van der Waals surface area contributed by atoms with Crippen molar-refractivity contribution in [3.8, 4) is 11.4 Å². The smallest absolute Gasteiger partial charge is 0.411 e. The van der Waals surface area contributed by atoms with Gasteiger partial charge in [-0.05, 0) is 43.3 Å². The SMILES string of the molecule is CCOC(=O)Nc1cccc(OS(=O)(=O)c2ccc(-n3ncc(Cl)c(Cl)c3=O)cc2)c1. The quantitative estimate of drug-likeness (QED) is 0.528. The molecule has 0 saturated heterocycles. The van der Waals surface area contributed by atoms with Crippen LogP contribution in [0, 0.1) is 0 Å². The monoisotopic (exact) mass is 483 g/mol. The van der Waals surface area contributed by atoms with Crippen LogP contribution < -0.4 is 15.1 Å². The van der Waals surface area contributed by atoms with Crippen molar-refractivity contribution < 1.29 is 22.1 Å². The van der Waals surface area contributed by atoms with Crippen molar-refractivity contribution in [2.24, 2.45) is 0 Å². The number of carbonyl (C=O) groups excluding carboxylic acids is 1. The highest BCUT2D eigenvalue weighted by atomic mass is 35.5. The summed E-state index contributed by atoms with van der Waals surface area (Å²) in [5, 5.41) is 6.14. The third-order valence-corrected chi connectivity index (χ3v) is 5.82. The van der Waals surface area contributed by atoms with Crippen LogP contribution in [-0.2, 0) is 14.9 Å². The fraction of sp³-hybridized carbons (Fsp3) is 0.105. The van der Waals surface area contributed by atoms with Gasteiger partial charge in [0.2, 0.25) is 0 Å². The number of ether oxygens (including phenoxy) is 1. The van der Waals surface area contributed by atoms with E-state index in [-0.39, 0.29) is 33.0 Å². The maximum Gasteiger partial charge on any atom is 0.411 e. The van der Waals surface area contributed by atoms with Crippen LogP contribution in [0.3, 0.4) is 0 Å². The molecule has 12 heteroatoms. The summed E-state index contributed by atoms with van der Waals surface area (Å²) in [5.74, 6) is -0.0132. The van der Waals surface area contributed by atoms with Crippen molar-refractivity contribution in [1.29, 1.82) is 0 Å². The molecule has 1 amide bonds. The molecule has 2 aromatic carbocycles. The van der Waals surface area contributed by atoms with Crippen LogP contribution in [0.1, 0.15) is 6.92 Å². The molecule has 0 bridgehead atoms. The van der Waals surface area contributed by atoms with Crippen molar-refractivity contribution in [2.75, 3.05) is 11.9 Å². The average Bonchev–Trinajstić information content (AvgIpc) is 2.72. The summed E-state index contributed by atoms with van der Waals surface area (Å²) < 4.78 is 36.1. The molecule has 31 heavy (non-hydrogen) atoms. The number of rotatable bonds is 6. The number of nitrogens with one attached hydrogen (secondary N) is 1. The van der Waals surface area contributed by atoms with Gasteiger partial charge in [-0.15, -0.1) is 0 Å². The molecule has 0 aliphatic heterocycles. The van der Waals surface area contributed by atoms with E-state index in [1.165, 1.54) is 48.7 Å². The maximum absolute atomic E-state index is 12.6. The Morgan fingerprint density at radius 1 is 1.16 bits per heavy atom. The summed E-state index contributed by atoms with van der Waals surface area (Å²) in [6.45, 7) is 1.85. The van der Waals surface area contributed by atoms with E-state index in [2.05, 4.69) is 10.4 Å². The van der Waals surface area contributed by atoms with Gasteiger partial charge in [-0.25, -0.2) is 4.79 Å². The molecule has 0 radical (unpaired) electrons. The molecule has 0 spiro atoms. The second-order valence-electron chi connectivity index (χ2n) is 5.93. The zero-order chi connectivity index (χ0) is 22.6.